The molecule has 1 heterocycles. The van der Waals surface area contributed by atoms with Crippen LogP contribution in [0.3, 0.4) is 0 Å². The van der Waals surface area contributed by atoms with Crippen molar-refractivity contribution in [1.82, 2.24) is 10.3 Å². The molecule has 1 rings (SSSR count). The molecule has 0 aliphatic heterocycles. The minimum Gasteiger partial charge on any atom is -0.395 e. The van der Waals surface area contributed by atoms with E-state index in [1.54, 1.807) is 6.20 Å². The zero-order chi connectivity index (χ0) is 11.3. The highest BCUT2D eigenvalue weighted by Crippen LogP contribution is 2.12. The van der Waals surface area contributed by atoms with Crippen molar-refractivity contribution in [2.75, 3.05) is 13.2 Å². The number of pyridine rings is 1. The first-order valence-corrected chi connectivity index (χ1v) is 4.75. The van der Waals surface area contributed by atoms with Crippen LogP contribution in [0, 0.1) is 5.82 Å². The first-order valence-electron chi connectivity index (χ1n) is 4.75. The van der Waals surface area contributed by atoms with Gasteiger partial charge in [0.05, 0.1) is 25.5 Å². The van der Waals surface area contributed by atoms with Gasteiger partial charge in [0.2, 0.25) is 0 Å². The Balaban J connectivity index is 2.64. The molecule has 15 heavy (non-hydrogen) atoms. The van der Waals surface area contributed by atoms with Crippen LogP contribution in [-0.2, 0) is 0 Å². The predicted molar refractivity (Wildman–Crippen MR) is 53.7 cm³/mol. The Morgan fingerprint density at radius 2 is 2.07 bits per heavy atom. The van der Waals surface area contributed by atoms with Crippen molar-refractivity contribution < 1.29 is 14.6 Å². The van der Waals surface area contributed by atoms with E-state index >= 15 is 0 Å². The number of aromatic nitrogens is 1. The maximum Gasteiger partial charge on any atom is 0.141 e. The highest BCUT2D eigenvalue weighted by atomic mass is 19.1. The molecule has 3 N–H and O–H groups in total. The molecule has 0 fully saturated rings. The molecule has 0 aromatic carbocycles. The fourth-order valence-corrected chi connectivity index (χ4v) is 1.28. The first-order chi connectivity index (χ1) is 7.17. The van der Waals surface area contributed by atoms with Gasteiger partial charge in [-0.05, 0) is 18.6 Å². The SMILES string of the molecule is CC(NC(CO)CO)c1cncc(F)c1. The predicted octanol–water partition coefficient (Wildman–Crippen LogP) is 0.224. The monoisotopic (exact) mass is 214 g/mol. The van der Waals surface area contributed by atoms with Crippen LogP contribution in [0.2, 0.25) is 0 Å². The van der Waals surface area contributed by atoms with Gasteiger partial charge in [0, 0.05) is 12.2 Å². The maximum absolute atomic E-state index is 12.8. The van der Waals surface area contributed by atoms with E-state index in [9.17, 15) is 4.39 Å². The number of aliphatic hydroxyl groups excluding tert-OH is 2. The quantitative estimate of drug-likeness (QED) is 0.656. The Morgan fingerprint density at radius 1 is 1.40 bits per heavy atom. The summed E-state index contributed by atoms with van der Waals surface area (Å²) in [4.78, 5) is 3.72. The average Bonchev–Trinajstić information content (AvgIpc) is 2.25. The summed E-state index contributed by atoms with van der Waals surface area (Å²) in [6.45, 7) is 1.49. The molecule has 0 bridgehead atoms. The first kappa shape index (κ1) is 12.0. The summed E-state index contributed by atoms with van der Waals surface area (Å²) < 4.78 is 12.8. The van der Waals surface area contributed by atoms with Gasteiger partial charge in [-0.3, -0.25) is 4.98 Å². The Kier molecular flexibility index (Phi) is 4.61. The third-order valence-corrected chi connectivity index (χ3v) is 2.15. The van der Waals surface area contributed by atoms with Gasteiger partial charge < -0.3 is 15.5 Å². The van der Waals surface area contributed by atoms with Gasteiger partial charge in [0.1, 0.15) is 5.82 Å². The lowest BCUT2D eigenvalue weighted by molar-refractivity contribution is 0.163. The lowest BCUT2D eigenvalue weighted by Gasteiger charge is -2.19. The van der Waals surface area contributed by atoms with E-state index < -0.39 is 11.9 Å². The van der Waals surface area contributed by atoms with Crippen LogP contribution in [0.15, 0.2) is 18.5 Å². The Hall–Kier alpha value is -1.04. The van der Waals surface area contributed by atoms with E-state index in [-0.39, 0.29) is 19.3 Å². The second-order valence-electron chi connectivity index (χ2n) is 3.39. The number of hydrogen-bond donors (Lipinski definition) is 3. The van der Waals surface area contributed by atoms with Gasteiger partial charge in [0.25, 0.3) is 0 Å². The standard InChI is InChI=1S/C10H15FN2O2/c1-7(13-10(5-14)6-15)8-2-9(11)4-12-3-8/h2-4,7,10,13-15H,5-6H2,1H3. The molecule has 0 aliphatic carbocycles. The number of nitrogens with zero attached hydrogens (tertiary/aromatic N) is 1. The lowest BCUT2D eigenvalue weighted by Crippen LogP contribution is -2.37. The summed E-state index contributed by atoms with van der Waals surface area (Å²) in [6.07, 6.45) is 2.68. The minimum absolute atomic E-state index is 0.163. The minimum atomic E-state index is -0.400. The lowest BCUT2D eigenvalue weighted by atomic mass is 10.1. The van der Waals surface area contributed by atoms with E-state index in [1.807, 2.05) is 6.92 Å². The molecular weight excluding hydrogens is 199 g/mol. The average molecular weight is 214 g/mol. The number of halogens is 1. The molecule has 4 nitrogen and oxygen atoms in total. The molecule has 1 aromatic rings. The molecule has 0 amide bonds. The van der Waals surface area contributed by atoms with Crippen LogP contribution in [0.5, 0.6) is 0 Å². The van der Waals surface area contributed by atoms with Gasteiger partial charge in [-0.1, -0.05) is 0 Å². The fourth-order valence-electron chi connectivity index (χ4n) is 1.28. The van der Waals surface area contributed by atoms with Gasteiger partial charge in [0.15, 0.2) is 0 Å². The number of aliphatic hydroxyl groups is 2. The van der Waals surface area contributed by atoms with Gasteiger partial charge in [-0.2, -0.15) is 0 Å². The second-order valence-corrected chi connectivity index (χ2v) is 3.39. The van der Waals surface area contributed by atoms with Crippen molar-refractivity contribution in [3.63, 3.8) is 0 Å². The smallest absolute Gasteiger partial charge is 0.141 e. The molecule has 0 spiro atoms. The fraction of sp³-hybridized carbons (Fsp3) is 0.500. The third kappa shape index (κ3) is 3.54. The van der Waals surface area contributed by atoms with Crippen LogP contribution in [0.1, 0.15) is 18.5 Å². The highest BCUT2D eigenvalue weighted by molar-refractivity contribution is 5.14. The second kappa shape index (κ2) is 5.75. The van der Waals surface area contributed by atoms with Gasteiger partial charge in [-0.25, -0.2) is 4.39 Å². The Bertz CT molecular complexity index is 305. The highest BCUT2D eigenvalue weighted by Gasteiger charge is 2.12. The van der Waals surface area contributed by atoms with Crippen molar-refractivity contribution in [2.24, 2.45) is 0 Å². The summed E-state index contributed by atoms with van der Waals surface area (Å²) in [5.41, 5.74) is 0.682. The molecule has 0 saturated heterocycles. The normalized spacial score (nSPS) is 13.1. The number of nitrogens with one attached hydrogen (secondary N) is 1. The van der Waals surface area contributed by atoms with Crippen molar-refractivity contribution in [2.45, 2.75) is 19.0 Å². The summed E-state index contributed by atoms with van der Waals surface area (Å²) in [6, 6.07) is 0.803. The zero-order valence-corrected chi connectivity index (χ0v) is 8.52. The van der Waals surface area contributed by atoms with Crippen LogP contribution < -0.4 is 5.32 Å². The van der Waals surface area contributed by atoms with E-state index in [0.29, 0.717) is 5.56 Å². The summed E-state index contributed by atoms with van der Waals surface area (Å²) in [5, 5.41) is 20.7. The van der Waals surface area contributed by atoms with Crippen LogP contribution in [0.4, 0.5) is 4.39 Å². The Morgan fingerprint density at radius 3 is 2.60 bits per heavy atom. The molecule has 0 saturated carbocycles. The largest absolute Gasteiger partial charge is 0.395 e. The topological polar surface area (TPSA) is 65.4 Å². The summed E-state index contributed by atoms with van der Waals surface area (Å²) in [5.74, 6) is -0.398. The van der Waals surface area contributed by atoms with E-state index in [0.717, 1.165) is 6.20 Å². The van der Waals surface area contributed by atoms with Crippen LogP contribution in [0.25, 0.3) is 0 Å². The summed E-state index contributed by atoms with van der Waals surface area (Å²) in [7, 11) is 0. The van der Waals surface area contributed by atoms with E-state index in [1.165, 1.54) is 6.07 Å². The maximum atomic E-state index is 12.8. The van der Waals surface area contributed by atoms with E-state index in [2.05, 4.69) is 10.3 Å². The van der Waals surface area contributed by atoms with Gasteiger partial charge in [-0.15, -0.1) is 0 Å². The molecule has 5 heteroatoms. The van der Waals surface area contributed by atoms with Crippen LogP contribution in [-0.4, -0.2) is 34.5 Å². The van der Waals surface area contributed by atoms with Crippen LogP contribution >= 0.6 is 0 Å². The molecule has 1 aromatic heterocycles. The summed E-state index contributed by atoms with van der Waals surface area (Å²) >= 11 is 0. The van der Waals surface area contributed by atoms with Crippen molar-refractivity contribution >= 4 is 0 Å². The molecule has 1 atom stereocenters. The van der Waals surface area contributed by atoms with Crippen molar-refractivity contribution in [3.05, 3.63) is 29.8 Å². The number of hydrogen-bond acceptors (Lipinski definition) is 4. The number of rotatable bonds is 5. The molecule has 84 valence electrons. The van der Waals surface area contributed by atoms with Gasteiger partial charge >= 0.3 is 0 Å². The zero-order valence-electron chi connectivity index (χ0n) is 8.52. The molecule has 1 unspecified atom stereocenters. The third-order valence-electron chi connectivity index (χ3n) is 2.15. The Labute approximate surface area is 87.8 Å². The van der Waals surface area contributed by atoms with E-state index in [4.69, 9.17) is 10.2 Å². The molecule has 0 aliphatic rings. The van der Waals surface area contributed by atoms with Crippen molar-refractivity contribution in [1.29, 1.82) is 0 Å². The molecular formula is C10H15FN2O2. The van der Waals surface area contributed by atoms with Crippen molar-refractivity contribution in [3.8, 4) is 0 Å². The molecule has 0 radical (unpaired) electrons.